The second-order valence-electron chi connectivity index (χ2n) is 22.0. The van der Waals surface area contributed by atoms with Crippen LogP contribution in [-0.2, 0) is 68.8 Å². The van der Waals surface area contributed by atoms with Gasteiger partial charge in [0, 0.05) is 23.4 Å². The third-order valence-electron chi connectivity index (χ3n) is 15.9. The maximum atomic E-state index is 14.2. The van der Waals surface area contributed by atoms with Crippen LogP contribution in [0.25, 0.3) is 32.3 Å². The second-order valence-corrected chi connectivity index (χ2v) is 22.0. The van der Waals surface area contributed by atoms with Crippen molar-refractivity contribution in [1.29, 1.82) is 0 Å². The molecule has 0 spiro atoms. The summed E-state index contributed by atoms with van der Waals surface area (Å²) in [6, 6.07) is 31.2. The van der Waals surface area contributed by atoms with Gasteiger partial charge >= 0.3 is 49.4 Å². The van der Waals surface area contributed by atoms with Crippen LogP contribution in [-0.4, -0.2) is 11.9 Å². The summed E-state index contributed by atoms with van der Waals surface area (Å²) in [7, 11) is 0. The lowest BCUT2D eigenvalue weighted by Crippen LogP contribution is -2.75. The molecule has 0 saturated heterocycles. The molecule has 0 unspecified atom stereocenters. The molecule has 0 radical (unpaired) electrons. The number of carbonyl (C=O) groups excluding carboxylic acids is 1. The highest BCUT2D eigenvalue weighted by Crippen LogP contribution is 2.42. The second kappa shape index (κ2) is 25.4. The molecular weight excluding hydrogens is 1300 g/mol. The number of unbranched alkanes of at least 4 members (excludes halogenated alkanes) is 1. The summed E-state index contributed by atoms with van der Waals surface area (Å²) >= 11 is 0. The van der Waals surface area contributed by atoms with Gasteiger partial charge in [0.25, 0.3) is 0 Å². The third kappa shape index (κ3) is 15.1. The summed E-state index contributed by atoms with van der Waals surface area (Å²) in [5.41, 5.74) is -26.8. The van der Waals surface area contributed by atoms with Crippen LogP contribution in [0, 0.1) is 0 Å². The van der Waals surface area contributed by atoms with Gasteiger partial charge < -0.3 is 0 Å². The Labute approximate surface area is 516 Å². The molecule has 1 heterocycles. The average molecular weight is 1340 g/mol. The van der Waals surface area contributed by atoms with Gasteiger partial charge in [-0.2, -0.15) is 132 Å². The van der Waals surface area contributed by atoms with E-state index in [0.717, 1.165) is 31.2 Å². The largest absolute Gasteiger partial charge is 0.416 e. The molecule has 10 aromatic rings. The number of fused-ring (bicyclic) bond motifs is 3. The molecule has 0 amide bonds. The minimum atomic E-state index is -6.13. The number of pyridine rings is 1. The molecule has 0 aliphatic rings. The third-order valence-corrected chi connectivity index (χ3v) is 15.9. The predicted octanol–water partition coefficient (Wildman–Crippen LogP) is 19.1. The number of hydrogen-bond acceptors (Lipinski definition) is 1. The van der Waals surface area contributed by atoms with Crippen molar-refractivity contribution in [3.63, 3.8) is 0 Å². The van der Waals surface area contributed by atoms with Crippen molar-refractivity contribution in [3.05, 3.63) is 256 Å². The van der Waals surface area contributed by atoms with E-state index in [1.54, 1.807) is 0 Å². The Morgan fingerprint density at radius 3 is 0.926 bits per heavy atom. The first kappa shape index (κ1) is 69.3. The number of alkyl halides is 24. The maximum absolute atomic E-state index is 14.2. The summed E-state index contributed by atoms with van der Waals surface area (Å²) in [6.45, 7) is 0.359. The van der Waals surface area contributed by atoms with Crippen molar-refractivity contribution in [2.24, 2.45) is 0 Å². The Hall–Kier alpha value is -9.04. The van der Waals surface area contributed by atoms with E-state index in [2.05, 4.69) is 95.7 Å². The SMILES string of the molecule is FC(F)(F)c1cc([B-](c2cc(C(F)(F)F)cc(C(F)(F)F)c2)(c2cc(C(F)(F)F)cc(C(F)(F)F)c2)c2cc(C(F)(F)F)cc(C(F)(F)F)c2)cc(C(F)(F)F)c1.O=C(C[n+]1ccc2ccccc2c1CCCCc1c2ccccc2cc2ccccc12)c1ccccc1. The quantitative estimate of drug-likeness (QED) is 0.0298. The van der Waals surface area contributed by atoms with Crippen molar-refractivity contribution in [2.45, 2.75) is 81.6 Å². The lowest BCUT2D eigenvalue weighted by atomic mass is 9.12. The molecule has 0 atom stereocenters. The van der Waals surface area contributed by atoms with E-state index >= 15 is 0 Å². The number of hydrogen-bond donors (Lipinski definition) is 0. The fraction of sp³-hybridized carbons (Fsp3) is 0.194. The van der Waals surface area contributed by atoms with E-state index in [-0.39, 0.29) is 5.78 Å². The molecule has 0 fully saturated rings. The minimum Gasteiger partial charge on any atom is -0.287 e. The van der Waals surface area contributed by atoms with Gasteiger partial charge in [-0.3, -0.25) is 4.79 Å². The smallest absolute Gasteiger partial charge is 0.287 e. The first-order valence-corrected chi connectivity index (χ1v) is 27.8. The molecule has 94 heavy (non-hydrogen) atoms. The summed E-state index contributed by atoms with van der Waals surface area (Å²) in [5.74, 6) is 0.143. The first-order chi connectivity index (χ1) is 43.5. The number of halogens is 24. The molecule has 0 aliphatic heterocycles. The predicted molar refractivity (Wildman–Crippen MR) is 303 cm³/mol. The number of nitrogens with zero attached hydrogens (tertiary/aromatic N) is 1. The highest BCUT2D eigenvalue weighted by Gasteiger charge is 2.47. The Balaban J connectivity index is 0.000000241. The van der Waals surface area contributed by atoms with Gasteiger partial charge in [0.15, 0.2) is 11.9 Å². The molecular formula is C67H42BF24NO. The molecule has 492 valence electrons. The van der Waals surface area contributed by atoms with Gasteiger partial charge in [-0.1, -0.05) is 146 Å². The Morgan fingerprint density at radius 2 is 0.596 bits per heavy atom. The van der Waals surface area contributed by atoms with Gasteiger partial charge in [0.2, 0.25) is 12.3 Å². The van der Waals surface area contributed by atoms with E-state index < -0.39 is 195 Å². The van der Waals surface area contributed by atoms with Gasteiger partial charge in [-0.15, -0.1) is 0 Å². The van der Waals surface area contributed by atoms with Gasteiger partial charge in [-0.05, 0) is 88.2 Å². The number of ketones is 1. The van der Waals surface area contributed by atoms with E-state index in [1.165, 1.54) is 43.6 Å². The molecule has 10 rings (SSSR count). The van der Waals surface area contributed by atoms with Crippen LogP contribution >= 0.6 is 0 Å². The zero-order valence-electron chi connectivity index (χ0n) is 47.5. The van der Waals surface area contributed by atoms with Crippen LogP contribution in [0.3, 0.4) is 0 Å². The highest BCUT2D eigenvalue weighted by molar-refractivity contribution is 7.20. The number of Topliss-reactive ketones (excluding diaryl/α,β-unsaturated/α-hetero) is 1. The molecule has 1 aromatic heterocycles. The summed E-state index contributed by atoms with van der Waals surface area (Å²) in [5, 5.41) is 7.79. The van der Waals surface area contributed by atoms with Crippen molar-refractivity contribution in [1.82, 2.24) is 0 Å². The van der Waals surface area contributed by atoms with Crippen molar-refractivity contribution >= 4 is 66.1 Å². The van der Waals surface area contributed by atoms with Crippen LogP contribution in [0.1, 0.15) is 79.0 Å². The molecule has 0 bridgehead atoms. The normalized spacial score (nSPS) is 13.1. The molecule has 0 N–H and O–H groups in total. The molecule has 0 saturated carbocycles. The number of rotatable bonds is 12. The average Bonchev–Trinajstić information content (AvgIpc) is 0.709. The molecule has 27 heteroatoms. The lowest BCUT2D eigenvalue weighted by Gasteiger charge is -2.46. The van der Waals surface area contributed by atoms with Gasteiger partial charge in [0.05, 0.1) is 44.5 Å². The van der Waals surface area contributed by atoms with E-state index in [9.17, 15) is 110 Å². The van der Waals surface area contributed by atoms with E-state index in [4.69, 9.17) is 0 Å². The maximum Gasteiger partial charge on any atom is 0.416 e. The first-order valence-electron chi connectivity index (χ1n) is 27.8. The van der Waals surface area contributed by atoms with Crippen LogP contribution in [0.15, 0.2) is 194 Å². The summed E-state index contributed by atoms with van der Waals surface area (Å²) in [6.07, 6.45) is -48.6. The van der Waals surface area contributed by atoms with Crippen LogP contribution < -0.4 is 26.4 Å². The number of aromatic nitrogens is 1. The highest BCUT2D eigenvalue weighted by atomic mass is 19.4. The number of aryl methyl sites for hydroxylation is 2. The Kier molecular flexibility index (Phi) is 18.7. The number of carbonyl (C=O) groups is 1. The minimum absolute atomic E-state index is 0.143. The van der Waals surface area contributed by atoms with Crippen LogP contribution in [0.4, 0.5) is 105 Å². The summed E-state index contributed by atoms with van der Waals surface area (Å²) in [4.78, 5) is 13.0. The zero-order valence-corrected chi connectivity index (χ0v) is 47.5. The number of benzene rings is 9. The van der Waals surface area contributed by atoms with Crippen LogP contribution in [0.5, 0.6) is 0 Å². The molecule has 0 aliphatic carbocycles. The van der Waals surface area contributed by atoms with Crippen LogP contribution in [0.2, 0.25) is 0 Å². The van der Waals surface area contributed by atoms with Crippen molar-refractivity contribution in [2.75, 3.05) is 0 Å². The summed E-state index contributed by atoms with van der Waals surface area (Å²) < 4.78 is 343. The molecule has 9 aromatic carbocycles. The zero-order chi connectivity index (χ0) is 68.9. The molecule has 2 nitrogen and oxygen atoms in total. The Morgan fingerprint density at radius 1 is 0.309 bits per heavy atom. The fourth-order valence-corrected chi connectivity index (χ4v) is 11.7. The topological polar surface area (TPSA) is 20.9 Å². The van der Waals surface area contributed by atoms with Crippen molar-refractivity contribution < 1.29 is 115 Å². The van der Waals surface area contributed by atoms with E-state index in [1.807, 2.05) is 30.3 Å². The monoisotopic (exact) mass is 1340 g/mol. The van der Waals surface area contributed by atoms with Gasteiger partial charge in [0.1, 0.15) is 6.15 Å². The Bertz CT molecular complexity index is 3950. The van der Waals surface area contributed by atoms with Crippen molar-refractivity contribution in [3.8, 4) is 0 Å². The fourth-order valence-electron chi connectivity index (χ4n) is 11.7. The lowest BCUT2D eigenvalue weighted by molar-refractivity contribution is -0.689. The standard InChI is InChI=1S/C35H30NO.C32H12BF24/c37-35(27-13-2-1-3-14-27)25-36-23-22-26-12-4-9-19-32(26)34(36)21-11-10-20-33-30-17-7-5-15-28(30)24-29-16-6-8-18-31(29)33;34-25(35,36)13-1-14(26(37,38)39)6-21(5-13)33(22-7-15(27(40,41)42)2-16(8-22)28(43,44)45,23-9-17(29(46,47)48)3-18(10-23)30(49,50)51)24-11-19(31(52,53)54)4-20(12-24)32(55,56)57/h1-9,12-19,22-24H,10-11,20-21,25H2;1-12H/q+1;-1. The van der Waals surface area contributed by atoms with E-state index in [0.29, 0.717) is 6.54 Å². The van der Waals surface area contributed by atoms with Gasteiger partial charge in [-0.25, -0.2) is 0 Å².